The summed E-state index contributed by atoms with van der Waals surface area (Å²) >= 11 is 0. The van der Waals surface area contributed by atoms with Crippen molar-refractivity contribution < 1.29 is 227 Å². The van der Waals surface area contributed by atoms with Crippen LogP contribution in [0.2, 0.25) is 0 Å². The van der Waals surface area contributed by atoms with Crippen LogP contribution in [0.15, 0.2) is 12.2 Å². The van der Waals surface area contributed by atoms with Crippen molar-refractivity contribution in [3.8, 4) is 0 Å². The van der Waals surface area contributed by atoms with E-state index in [-0.39, 0.29) is 6.42 Å². The highest BCUT2D eigenvalue weighted by Crippen LogP contribution is 2.43. The Morgan fingerprint density at radius 2 is 0.709 bits per heavy atom. The smallest absolute Gasteiger partial charge is 0.364 e. The zero-order valence-electron chi connectivity index (χ0n) is 85.4. The maximum absolute atomic E-state index is 13.9. The first-order chi connectivity index (χ1) is 70.7. The molecule has 0 spiro atoms. The van der Waals surface area contributed by atoms with Gasteiger partial charge < -0.3 is 225 Å². The molecule has 0 aliphatic carbocycles. The molecule has 0 radical (unpaired) electrons. The van der Waals surface area contributed by atoms with Crippen LogP contribution < -0.4 is 26.6 Å². The van der Waals surface area contributed by atoms with Gasteiger partial charge in [0.1, 0.15) is 189 Å². The third-order valence-corrected chi connectivity index (χ3v) is 28.2. The summed E-state index contributed by atoms with van der Waals surface area (Å²) < 4.78 is 97.1. The van der Waals surface area contributed by atoms with Gasteiger partial charge in [0.2, 0.25) is 29.5 Å². The lowest BCUT2D eigenvalue weighted by Crippen LogP contribution is -2.72. The van der Waals surface area contributed by atoms with Gasteiger partial charge in [-0.3, -0.25) is 24.0 Å². The van der Waals surface area contributed by atoms with E-state index in [4.69, 9.17) is 75.8 Å². The van der Waals surface area contributed by atoms with Crippen molar-refractivity contribution in [2.75, 3.05) is 59.5 Å². The molecule has 8 heterocycles. The second kappa shape index (κ2) is 65.3. The molecule has 0 bridgehead atoms. The van der Waals surface area contributed by atoms with Gasteiger partial charge in [0.25, 0.3) is 5.79 Å². The maximum atomic E-state index is 13.9. The zero-order valence-corrected chi connectivity index (χ0v) is 85.4. The van der Waals surface area contributed by atoms with E-state index in [9.17, 15) is 151 Å². The van der Waals surface area contributed by atoms with Crippen LogP contribution in [0, 0.1) is 0 Å². The van der Waals surface area contributed by atoms with Crippen molar-refractivity contribution in [3.05, 3.63) is 12.2 Å². The highest BCUT2D eigenvalue weighted by Gasteiger charge is 2.64. The summed E-state index contributed by atoms with van der Waals surface area (Å²) in [5.41, 5.74) is 0. The molecule has 0 saturated carbocycles. The van der Waals surface area contributed by atoms with E-state index in [0.29, 0.717) is 12.8 Å². The third-order valence-electron chi connectivity index (χ3n) is 28.2. The molecule has 0 aromatic carbocycles. The zero-order chi connectivity index (χ0) is 109. The van der Waals surface area contributed by atoms with Gasteiger partial charge in [-0.2, -0.15) is 0 Å². The molecule has 0 aromatic heterocycles. The van der Waals surface area contributed by atoms with Crippen LogP contribution >= 0.6 is 0 Å². The van der Waals surface area contributed by atoms with Gasteiger partial charge in [-0.25, -0.2) is 4.79 Å². The highest BCUT2D eigenvalue weighted by molar-refractivity contribution is 5.77. The lowest BCUT2D eigenvalue weighted by Gasteiger charge is -2.52. The molecule has 8 fully saturated rings. The molecule has 860 valence electrons. The summed E-state index contributed by atoms with van der Waals surface area (Å²) in [6.07, 6.45) is -45.3. The largest absolute Gasteiger partial charge is 0.477 e. The predicted octanol–water partition coefficient (Wildman–Crippen LogP) is -6.50. The number of allylic oxidation sites excluding steroid dienone is 1. The maximum Gasteiger partial charge on any atom is 0.364 e. The number of carbonyl (C=O) groups excluding carboxylic acids is 5. The molecule has 51 nitrogen and oxygen atoms in total. The van der Waals surface area contributed by atoms with Gasteiger partial charge in [-0.05, 0) is 19.3 Å². The monoisotopic (exact) mass is 2140 g/mol. The molecular formula is C97H171N5O46. The van der Waals surface area contributed by atoms with Crippen LogP contribution in [-0.4, -0.2) is 481 Å². The highest BCUT2D eigenvalue weighted by atomic mass is 16.8. The summed E-state index contributed by atoms with van der Waals surface area (Å²) in [6, 6.07) is -8.65. The molecule has 43 atom stereocenters. The number of rotatable bonds is 65. The third kappa shape index (κ3) is 36.8. The Morgan fingerprint density at radius 1 is 0.358 bits per heavy atom. The lowest BCUT2D eigenvalue weighted by molar-refractivity contribution is -0.400. The minimum Gasteiger partial charge on any atom is -0.477 e. The normalized spacial score (nSPS) is 37.7. The summed E-state index contributed by atoms with van der Waals surface area (Å²) in [7, 11) is 0. The Hall–Kier alpha value is -5.00. The number of aliphatic carboxylic acids is 1. The van der Waals surface area contributed by atoms with Crippen LogP contribution in [-0.2, 0) is 105 Å². The van der Waals surface area contributed by atoms with Crippen LogP contribution in [0.1, 0.15) is 241 Å². The Bertz CT molecular complexity index is 3810. The number of hydrogen-bond donors (Lipinski definition) is 29. The lowest BCUT2D eigenvalue weighted by atomic mass is 9.88. The topological polar surface area (TPSA) is 796 Å². The van der Waals surface area contributed by atoms with Gasteiger partial charge in [0.05, 0.1) is 83.8 Å². The summed E-state index contributed by atoms with van der Waals surface area (Å²) in [5.74, 6) is -9.76. The van der Waals surface area contributed by atoms with Crippen LogP contribution in [0.4, 0.5) is 0 Å². The molecular weight excluding hydrogens is 1970 g/mol. The Morgan fingerprint density at radius 3 is 1.15 bits per heavy atom. The van der Waals surface area contributed by atoms with Crippen LogP contribution in [0.5, 0.6) is 0 Å². The predicted molar refractivity (Wildman–Crippen MR) is 509 cm³/mol. The average Bonchev–Trinajstić information content (AvgIpc) is 0.754. The van der Waals surface area contributed by atoms with Gasteiger partial charge >= 0.3 is 5.97 Å². The van der Waals surface area contributed by atoms with Gasteiger partial charge in [0.15, 0.2) is 44.0 Å². The fourth-order valence-corrected chi connectivity index (χ4v) is 19.8. The minimum absolute atomic E-state index is 0.0880. The number of aliphatic hydroxyl groups excluding tert-OH is 23. The number of carboxylic acids is 1. The van der Waals surface area contributed by atoms with Crippen molar-refractivity contribution >= 4 is 35.5 Å². The molecule has 8 rings (SSSR count). The average molecular weight is 2140 g/mol. The van der Waals surface area contributed by atoms with Crippen LogP contribution in [0.3, 0.4) is 0 Å². The van der Waals surface area contributed by atoms with E-state index < -0.39 is 365 Å². The molecule has 51 heteroatoms. The fourth-order valence-electron chi connectivity index (χ4n) is 19.8. The molecule has 8 aliphatic heterocycles. The summed E-state index contributed by atoms with van der Waals surface area (Å²) in [5, 5.41) is 287. The van der Waals surface area contributed by atoms with Crippen molar-refractivity contribution in [1.29, 1.82) is 0 Å². The Kier molecular flexibility index (Phi) is 56.5. The first kappa shape index (κ1) is 128. The van der Waals surface area contributed by atoms with Crippen molar-refractivity contribution in [1.82, 2.24) is 26.6 Å². The summed E-state index contributed by atoms with van der Waals surface area (Å²) in [6.45, 7) is -1.65. The quantitative estimate of drug-likeness (QED) is 0.0199. The van der Waals surface area contributed by atoms with Crippen molar-refractivity contribution in [2.45, 2.75) is 504 Å². The number of carboxylic acid groups (broad SMARTS) is 1. The number of nitrogens with one attached hydrogen (secondary N) is 5. The number of hydrogen-bond acceptors (Lipinski definition) is 45. The number of ether oxygens (including phenoxy) is 16. The van der Waals surface area contributed by atoms with Crippen molar-refractivity contribution in [3.63, 3.8) is 0 Å². The number of aliphatic hydroxyl groups is 23. The molecule has 29 N–H and O–H groups in total. The standard InChI is InChI=1S/C97H171N5O46/c1-7-9-11-13-15-17-19-21-22-23-24-26-28-30-32-34-36-38-64(117)102-53(54(114)37-35-33-31-29-27-25-20-18-16-14-12-10-8-2)47-133-92-78(127)77(126)83(61(45-108)139-92)143-94-80(129)87(146-93-79(128)86(72(121)59(43-106)137-93)145-91-67(100-51(5)112)75(124)71(120)58(42-105)136-91)73(122)63(141-94)48-134-89-68(101-52(6)113)76(125)82(60(44-107)138-89)142-95-81(130)88(84(62(46-109)140-95)144-90-66(99-50(4)111)74(123)70(119)57(41-104)135-90)148-97(96(131)132)39-55(115)65(98-49(3)110)85(147-97)69(118)56(116)40-103/h35,37,53-63,65-95,103-109,114-116,118-130H,7-34,36,38-48H2,1-6H3,(H,98,110)(H,99,111)(H,100,112)(H,101,113)(H,102,117)(H,131,132)/b37-35+/t53-,54+,55?,56+,57?,58?,59?,60?,61?,62?,63?,65+,66?,67?,68?,69+,70-,71-,72-,73-,74+,75+,76+,77+,78?,79?,80?,81?,82+,83+,84-,85?,86-,87-,88+,89+,90-,91-,92+,93-,94-,95-,97-/m0/s1. The molecule has 5 amide bonds. The first-order valence-electron chi connectivity index (χ1n) is 52.6. The van der Waals surface area contributed by atoms with E-state index in [2.05, 4.69) is 40.4 Å². The second-order valence-electron chi connectivity index (χ2n) is 39.9. The van der Waals surface area contributed by atoms with Gasteiger partial charge in [-0.1, -0.05) is 193 Å². The molecule has 8 saturated heterocycles. The van der Waals surface area contributed by atoms with E-state index in [1.54, 1.807) is 6.08 Å². The molecule has 148 heavy (non-hydrogen) atoms. The first-order valence-corrected chi connectivity index (χ1v) is 52.6. The van der Waals surface area contributed by atoms with Gasteiger partial charge in [0, 0.05) is 40.5 Å². The van der Waals surface area contributed by atoms with E-state index in [1.807, 2.05) is 0 Å². The van der Waals surface area contributed by atoms with E-state index in [0.717, 1.165) is 91.9 Å². The minimum atomic E-state index is -3.46. The molecule has 0 aromatic rings. The fraction of sp³-hybridized carbons (Fsp3) is 0.918. The SMILES string of the molecule is CCCCCCCCCCCCC/C=C/[C@@H](O)[C@H](CO[C@@H]1OC(CO)[C@@H](O[C@@H]2OC(CO[C@@H]3OC(CO)[C@@H](O[C@@H]4OC(CO)[C@H](O[C@@H]5OC(CO)[C@H](O)[C@H](O)C5NC(C)=O)[C@H](O[C@]5(C(=O)O)CC(O)[C@@H](NC(C)=O)C([C@H](O)[C@H](O)CO)O5)C4O)[C@H](O)C3NC(C)=O)[C@H](O)[C@H](O[C@@H]3OC(CO)[C@H](O)[C@H](O[C@@H]4OC(CO)[C@H](O)[C@H](O)C4NC(C)=O)C3O)C2O)[C@H](O)C1O)NC(=O)CCCCCCCCCCCCCCCCCCC. The van der Waals surface area contributed by atoms with Gasteiger partial charge in [-0.15, -0.1) is 0 Å². The second-order valence-corrected chi connectivity index (χ2v) is 39.9. The number of carbonyl (C=O) groups is 6. The number of unbranched alkanes of at least 4 members (excludes halogenated alkanes) is 27. The Balaban J connectivity index is 1.06. The van der Waals surface area contributed by atoms with Crippen molar-refractivity contribution in [2.24, 2.45) is 0 Å². The van der Waals surface area contributed by atoms with E-state index in [1.165, 1.54) is 115 Å². The molecule has 16 unspecified atom stereocenters. The summed E-state index contributed by atoms with van der Waals surface area (Å²) in [4.78, 5) is 79.0. The van der Waals surface area contributed by atoms with E-state index >= 15 is 0 Å². The van der Waals surface area contributed by atoms with Crippen LogP contribution in [0.25, 0.3) is 0 Å². The number of amides is 5. The Labute approximate surface area is 861 Å². The molecule has 8 aliphatic rings.